The highest BCUT2D eigenvalue weighted by atomic mass is 32.1. The van der Waals surface area contributed by atoms with Gasteiger partial charge in [0.2, 0.25) is 0 Å². The summed E-state index contributed by atoms with van der Waals surface area (Å²) in [6, 6.07) is 84.5. The van der Waals surface area contributed by atoms with Gasteiger partial charge in [0.05, 0.1) is 22.1 Å². The zero-order valence-electron chi connectivity index (χ0n) is 37.2. The summed E-state index contributed by atoms with van der Waals surface area (Å²) in [4.78, 5) is 15.5. The molecular formula is C63H39N5S. The molecule has 0 spiro atoms. The van der Waals surface area contributed by atoms with Crippen LogP contribution in [0.1, 0.15) is 0 Å². The number of thiophene rings is 1. The number of rotatable bonds is 7. The highest BCUT2D eigenvalue weighted by Gasteiger charge is 2.22. The lowest BCUT2D eigenvalue weighted by atomic mass is 10.0. The molecule has 0 unspecified atom stereocenters. The molecule has 0 amide bonds. The van der Waals surface area contributed by atoms with Crippen molar-refractivity contribution >= 4 is 75.1 Å². The number of fused-ring (bicyclic) bond motifs is 10. The van der Waals surface area contributed by atoms with Crippen LogP contribution >= 0.6 is 11.3 Å². The van der Waals surface area contributed by atoms with Gasteiger partial charge in [-0.3, -0.25) is 0 Å². The van der Waals surface area contributed by atoms with E-state index in [9.17, 15) is 0 Å². The molecule has 4 aromatic heterocycles. The van der Waals surface area contributed by atoms with Crippen molar-refractivity contribution in [3.63, 3.8) is 0 Å². The fraction of sp³-hybridized carbons (Fsp3) is 0. The highest BCUT2D eigenvalue weighted by Crippen LogP contribution is 2.45. The summed E-state index contributed by atoms with van der Waals surface area (Å²) in [5.74, 6) is 1.88. The molecule has 0 aliphatic heterocycles. The summed E-state index contributed by atoms with van der Waals surface area (Å²) in [5, 5.41) is 7.33. The van der Waals surface area contributed by atoms with Crippen LogP contribution in [0.5, 0.6) is 0 Å². The van der Waals surface area contributed by atoms with E-state index >= 15 is 0 Å². The van der Waals surface area contributed by atoms with Crippen molar-refractivity contribution in [2.75, 3.05) is 0 Å². The summed E-state index contributed by atoms with van der Waals surface area (Å²) >= 11 is 1.85. The summed E-state index contributed by atoms with van der Waals surface area (Å²) in [6.07, 6.45) is 0. The normalized spacial score (nSPS) is 11.8. The Bertz CT molecular complexity index is 4270. The first-order chi connectivity index (χ1) is 34.2. The van der Waals surface area contributed by atoms with Gasteiger partial charge in [-0.05, 0) is 82.9 Å². The van der Waals surface area contributed by atoms with Gasteiger partial charge in [0.15, 0.2) is 17.5 Å². The molecule has 10 aromatic carbocycles. The van der Waals surface area contributed by atoms with E-state index in [4.69, 9.17) is 15.0 Å². The molecule has 0 aliphatic rings. The second-order valence-corrected chi connectivity index (χ2v) is 18.7. The third-order valence-corrected chi connectivity index (χ3v) is 14.7. The van der Waals surface area contributed by atoms with Gasteiger partial charge < -0.3 is 9.13 Å². The minimum atomic E-state index is 0.621. The Morgan fingerprint density at radius 1 is 0.275 bits per heavy atom. The zero-order chi connectivity index (χ0) is 45.4. The summed E-state index contributed by atoms with van der Waals surface area (Å²) in [7, 11) is 0. The summed E-state index contributed by atoms with van der Waals surface area (Å²) in [6.45, 7) is 0. The van der Waals surface area contributed by atoms with E-state index in [0.29, 0.717) is 17.5 Å². The van der Waals surface area contributed by atoms with E-state index < -0.39 is 0 Å². The van der Waals surface area contributed by atoms with Crippen LogP contribution in [-0.2, 0) is 0 Å². The standard InChI is InChI=1S/C63H39N5S/c1-5-15-40(16-6-1)42-25-27-44(28-26-42)62-64-61(43-19-9-3-10-20-43)65-63(66-62)46-29-32-50-51-33-36-58-59(60(51)68(56(50)38-46)47-21-11-4-12-22-47)53-39-48(31-35-57(53)69-58)67-54-24-14-13-23-49(54)52-37-45(30-34-55(52)67)41-17-7-2-8-18-41/h1-39H. The molecule has 0 aliphatic carbocycles. The Morgan fingerprint density at radius 3 is 1.51 bits per heavy atom. The molecule has 0 fully saturated rings. The Hall–Kier alpha value is -8.97. The van der Waals surface area contributed by atoms with Crippen LogP contribution in [-0.4, -0.2) is 24.1 Å². The second-order valence-electron chi connectivity index (χ2n) is 17.6. The average Bonchev–Trinajstić information content (AvgIpc) is 4.08. The number of hydrogen-bond donors (Lipinski definition) is 0. The summed E-state index contributed by atoms with van der Waals surface area (Å²) in [5.41, 5.74) is 14.4. The van der Waals surface area contributed by atoms with Gasteiger partial charge in [-0.2, -0.15) is 0 Å². The van der Waals surface area contributed by atoms with E-state index in [1.165, 1.54) is 75.0 Å². The van der Waals surface area contributed by atoms with Gasteiger partial charge in [-0.25, -0.2) is 15.0 Å². The van der Waals surface area contributed by atoms with E-state index in [1.807, 2.05) is 35.6 Å². The molecule has 69 heavy (non-hydrogen) atoms. The monoisotopic (exact) mass is 897 g/mol. The predicted molar refractivity (Wildman–Crippen MR) is 289 cm³/mol. The third-order valence-electron chi connectivity index (χ3n) is 13.6. The van der Waals surface area contributed by atoms with Gasteiger partial charge in [-0.15, -0.1) is 11.3 Å². The molecule has 0 saturated heterocycles. The number of aromatic nitrogens is 5. The Kier molecular flexibility index (Phi) is 9.00. The first-order valence-electron chi connectivity index (χ1n) is 23.3. The Morgan fingerprint density at radius 2 is 0.783 bits per heavy atom. The molecular weight excluding hydrogens is 859 g/mol. The average molecular weight is 898 g/mol. The zero-order valence-corrected chi connectivity index (χ0v) is 38.0. The molecule has 0 saturated carbocycles. The van der Waals surface area contributed by atoms with Crippen LogP contribution in [0.3, 0.4) is 0 Å². The van der Waals surface area contributed by atoms with Crippen LogP contribution in [0.25, 0.3) is 132 Å². The molecule has 0 radical (unpaired) electrons. The van der Waals surface area contributed by atoms with Crippen molar-refractivity contribution in [1.29, 1.82) is 0 Å². The van der Waals surface area contributed by atoms with Gasteiger partial charge in [0.1, 0.15) is 0 Å². The maximum atomic E-state index is 5.21. The van der Waals surface area contributed by atoms with Crippen LogP contribution < -0.4 is 0 Å². The topological polar surface area (TPSA) is 48.5 Å². The fourth-order valence-electron chi connectivity index (χ4n) is 10.3. The smallest absolute Gasteiger partial charge is 0.164 e. The minimum Gasteiger partial charge on any atom is -0.309 e. The van der Waals surface area contributed by atoms with Crippen LogP contribution in [0.4, 0.5) is 0 Å². The molecule has 6 heteroatoms. The first kappa shape index (κ1) is 39.2. The lowest BCUT2D eigenvalue weighted by molar-refractivity contribution is 1.07. The second kappa shape index (κ2) is 15.8. The van der Waals surface area contributed by atoms with Crippen LogP contribution in [0.2, 0.25) is 0 Å². The van der Waals surface area contributed by atoms with Crippen molar-refractivity contribution in [3.05, 3.63) is 237 Å². The fourth-order valence-corrected chi connectivity index (χ4v) is 11.4. The quantitative estimate of drug-likeness (QED) is 0.160. The molecule has 4 heterocycles. The van der Waals surface area contributed by atoms with Crippen molar-refractivity contribution < 1.29 is 0 Å². The number of nitrogens with zero attached hydrogens (tertiary/aromatic N) is 5. The van der Waals surface area contributed by atoms with Crippen molar-refractivity contribution in [2.45, 2.75) is 0 Å². The van der Waals surface area contributed by atoms with E-state index in [-0.39, 0.29) is 0 Å². The summed E-state index contributed by atoms with van der Waals surface area (Å²) < 4.78 is 7.38. The lowest BCUT2D eigenvalue weighted by Crippen LogP contribution is -2.00. The van der Waals surface area contributed by atoms with Crippen molar-refractivity contribution in [2.24, 2.45) is 0 Å². The molecule has 14 rings (SSSR count). The van der Waals surface area contributed by atoms with E-state index in [2.05, 4.69) is 221 Å². The molecule has 0 bridgehead atoms. The molecule has 322 valence electrons. The lowest BCUT2D eigenvalue weighted by Gasteiger charge is -2.11. The number of para-hydroxylation sites is 2. The van der Waals surface area contributed by atoms with Crippen LogP contribution in [0.15, 0.2) is 237 Å². The molecule has 0 atom stereocenters. The molecule has 5 nitrogen and oxygen atoms in total. The Balaban J connectivity index is 0.972. The van der Waals surface area contributed by atoms with Crippen molar-refractivity contribution in [3.8, 4) is 67.8 Å². The van der Waals surface area contributed by atoms with E-state index in [1.54, 1.807) is 0 Å². The predicted octanol–water partition coefficient (Wildman–Crippen LogP) is 16.8. The Labute approximate surface area is 401 Å². The van der Waals surface area contributed by atoms with Crippen molar-refractivity contribution in [1.82, 2.24) is 24.1 Å². The third kappa shape index (κ3) is 6.49. The van der Waals surface area contributed by atoms with E-state index in [0.717, 1.165) is 39.1 Å². The molecule has 0 N–H and O–H groups in total. The van der Waals surface area contributed by atoms with Gasteiger partial charge in [0, 0.05) is 69.8 Å². The van der Waals surface area contributed by atoms with Gasteiger partial charge in [0.25, 0.3) is 0 Å². The maximum absolute atomic E-state index is 5.21. The number of hydrogen-bond acceptors (Lipinski definition) is 4. The van der Waals surface area contributed by atoms with Gasteiger partial charge >= 0.3 is 0 Å². The number of benzene rings is 10. The SMILES string of the molecule is c1ccc(-c2ccc(-c3nc(-c4ccccc4)nc(-c4ccc5c6ccc7sc8ccc(-n9c%10ccccc%10c%10cc(-c%11ccccc%11)ccc%109)cc8c7c6n(-c6ccccc6)c5c4)n3)cc2)cc1. The first-order valence-corrected chi connectivity index (χ1v) is 24.1. The van der Waals surface area contributed by atoms with Gasteiger partial charge in [-0.1, -0.05) is 176 Å². The largest absolute Gasteiger partial charge is 0.309 e. The molecule has 14 aromatic rings. The highest BCUT2D eigenvalue weighted by molar-refractivity contribution is 7.26. The van der Waals surface area contributed by atoms with Crippen LogP contribution in [0, 0.1) is 0 Å². The maximum Gasteiger partial charge on any atom is 0.164 e. The minimum absolute atomic E-state index is 0.621.